The quantitative estimate of drug-likeness (QED) is 0.402. The van der Waals surface area contributed by atoms with E-state index in [2.05, 4.69) is 4.74 Å². The van der Waals surface area contributed by atoms with E-state index in [4.69, 9.17) is 9.47 Å². The van der Waals surface area contributed by atoms with Crippen molar-refractivity contribution in [1.82, 2.24) is 0 Å². The second-order valence-electron chi connectivity index (χ2n) is 4.35. The second kappa shape index (κ2) is 7.84. The molecule has 0 radical (unpaired) electrons. The Balaban J connectivity index is 3.55. The summed E-state index contributed by atoms with van der Waals surface area (Å²) in [5.41, 5.74) is -0.495. The highest BCUT2D eigenvalue weighted by Crippen LogP contribution is 2.06. The normalized spacial score (nSPS) is 11.5. The first-order valence-corrected chi connectivity index (χ1v) is 5.39. The third-order valence-corrected chi connectivity index (χ3v) is 1.52. The lowest BCUT2D eigenvalue weighted by molar-refractivity contribution is -0.160. The van der Waals surface area contributed by atoms with Gasteiger partial charge in [-0.25, -0.2) is 9.59 Å². The number of esters is 2. The van der Waals surface area contributed by atoms with Crippen LogP contribution in [0.4, 0.5) is 0 Å². The minimum atomic E-state index is -0.495. The second-order valence-corrected chi connectivity index (χ2v) is 4.35. The van der Waals surface area contributed by atoms with Gasteiger partial charge >= 0.3 is 11.9 Å². The Morgan fingerprint density at radius 3 is 2.41 bits per heavy atom. The Bertz CT molecular complexity index is 275. The van der Waals surface area contributed by atoms with E-state index < -0.39 is 17.5 Å². The standard InChI is InChI=1S/C12H20O5/c1-12(2,3)17-11(14)9-16-8-6-5-7-10(13)15-4/h5,7H,6,8-9H2,1-4H3/b7-5+. The van der Waals surface area contributed by atoms with E-state index in [-0.39, 0.29) is 6.61 Å². The molecule has 0 atom stereocenters. The van der Waals surface area contributed by atoms with E-state index in [0.717, 1.165) is 0 Å². The van der Waals surface area contributed by atoms with Gasteiger partial charge in [0.2, 0.25) is 0 Å². The molecule has 0 fully saturated rings. The maximum Gasteiger partial charge on any atom is 0.332 e. The van der Waals surface area contributed by atoms with Crippen LogP contribution >= 0.6 is 0 Å². The summed E-state index contributed by atoms with van der Waals surface area (Å²) in [5.74, 6) is -0.799. The Morgan fingerprint density at radius 2 is 1.88 bits per heavy atom. The average molecular weight is 244 g/mol. The zero-order chi connectivity index (χ0) is 13.3. The molecule has 0 aliphatic rings. The lowest BCUT2D eigenvalue weighted by Crippen LogP contribution is -2.26. The molecule has 0 heterocycles. The molecule has 0 N–H and O–H groups in total. The molecule has 0 saturated heterocycles. The van der Waals surface area contributed by atoms with Crippen LogP contribution in [0.3, 0.4) is 0 Å². The molecule has 0 unspecified atom stereocenters. The van der Waals surface area contributed by atoms with Gasteiger partial charge < -0.3 is 14.2 Å². The van der Waals surface area contributed by atoms with Crippen LogP contribution < -0.4 is 0 Å². The number of carbonyl (C=O) groups is 2. The molecule has 98 valence electrons. The molecule has 0 aromatic heterocycles. The first kappa shape index (κ1) is 15.6. The smallest absolute Gasteiger partial charge is 0.332 e. The zero-order valence-electron chi connectivity index (χ0n) is 10.8. The zero-order valence-corrected chi connectivity index (χ0v) is 10.8. The first-order valence-electron chi connectivity index (χ1n) is 5.39. The molecule has 0 saturated carbocycles. The largest absolute Gasteiger partial charge is 0.466 e. The molecule has 0 rings (SSSR count). The molecule has 0 aromatic carbocycles. The van der Waals surface area contributed by atoms with Crippen molar-refractivity contribution in [3.8, 4) is 0 Å². The third kappa shape index (κ3) is 10.9. The maximum absolute atomic E-state index is 11.2. The van der Waals surface area contributed by atoms with Crippen LogP contribution in [0.1, 0.15) is 27.2 Å². The fourth-order valence-electron chi connectivity index (χ4n) is 0.925. The molecule has 0 aliphatic carbocycles. The van der Waals surface area contributed by atoms with Crippen LogP contribution in [0.2, 0.25) is 0 Å². The fourth-order valence-corrected chi connectivity index (χ4v) is 0.925. The van der Waals surface area contributed by atoms with Crippen LogP contribution in [0.25, 0.3) is 0 Å². The van der Waals surface area contributed by atoms with E-state index in [1.54, 1.807) is 26.8 Å². The van der Waals surface area contributed by atoms with Crippen molar-refractivity contribution in [2.75, 3.05) is 20.3 Å². The Kier molecular flexibility index (Phi) is 7.21. The molecule has 0 aliphatic heterocycles. The Morgan fingerprint density at radius 1 is 1.24 bits per heavy atom. The van der Waals surface area contributed by atoms with Gasteiger partial charge in [-0.1, -0.05) is 6.08 Å². The van der Waals surface area contributed by atoms with Crippen LogP contribution in [0, 0.1) is 0 Å². The lowest BCUT2D eigenvalue weighted by atomic mass is 10.2. The van der Waals surface area contributed by atoms with E-state index in [0.29, 0.717) is 13.0 Å². The molecule has 0 aromatic rings. The van der Waals surface area contributed by atoms with Crippen molar-refractivity contribution >= 4 is 11.9 Å². The summed E-state index contributed by atoms with van der Waals surface area (Å²) in [6.45, 7) is 5.66. The van der Waals surface area contributed by atoms with Crippen molar-refractivity contribution in [3.05, 3.63) is 12.2 Å². The minimum Gasteiger partial charge on any atom is -0.466 e. The lowest BCUT2D eigenvalue weighted by Gasteiger charge is -2.19. The predicted octanol–water partition coefficient (Wildman–Crippen LogP) is 1.46. The summed E-state index contributed by atoms with van der Waals surface area (Å²) in [4.78, 5) is 21.9. The highest BCUT2D eigenvalue weighted by Gasteiger charge is 2.15. The Hall–Kier alpha value is -1.36. The number of hydrogen-bond acceptors (Lipinski definition) is 5. The van der Waals surface area contributed by atoms with E-state index >= 15 is 0 Å². The number of hydrogen-bond donors (Lipinski definition) is 0. The summed E-state index contributed by atoms with van der Waals surface area (Å²) >= 11 is 0. The van der Waals surface area contributed by atoms with Crippen LogP contribution in [0.5, 0.6) is 0 Å². The summed E-state index contributed by atoms with van der Waals surface area (Å²) in [6, 6.07) is 0. The first-order chi connectivity index (χ1) is 7.85. The molecule has 0 spiro atoms. The summed E-state index contributed by atoms with van der Waals surface area (Å²) in [7, 11) is 1.31. The number of ether oxygens (including phenoxy) is 3. The van der Waals surface area contributed by atoms with Gasteiger partial charge in [0, 0.05) is 6.08 Å². The highest BCUT2D eigenvalue weighted by atomic mass is 16.6. The van der Waals surface area contributed by atoms with Crippen molar-refractivity contribution in [1.29, 1.82) is 0 Å². The van der Waals surface area contributed by atoms with Crippen molar-refractivity contribution < 1.29 is 23.8 Å². The fraction of sp³-hybridized carbons (Fsp3) is 0.667. The van der Waals surface area contributed by atoms with E-state index in [9.17, 15) is 9.59 Å². The molecule has 0 amide bonds. The van der Waals surface area contributed by atoms with Crippen LogP contribution in [-0.4, -0.2) is 37.9 Å². The number of methoxy groups -OCH3 is 1. The van der Waals surface area contributed by atoms with Crippen LogP contribution in [-0.2, 0) is 23.8 Å². The van der Waals surface area contributed by atoms with Gasteiger partial charge in [0.25, 0.3) is 0 Å². The molecular formula is C12H20O5. The molecule has 0 bridgehead atoms. The van der Waals surface area contributed by atoms with Gasteiger partial charge in [0.05, 0.1) is 13.7 Å². The van der Waals surface area contributed by atoms with Gasteiger partial charge in [-0.05, 0) is 27.2 Å². The molecule has 17 heavy (non-hydrogen) atoms. The van der Waals surface area contributed by atoms with Gasteiger partial charge in [-0.15, -0.1) is 0 Å². The average Bonchev–Trinajstić information content (AvgIpc) is 2.20. The van der Waals surface area contributed by atoms with E-state index in [1.807, 2.05) is 0 Å². The van der Waals surface area contributed by atoms with Crippen molar-refractivity contribution in [3.63, 3.8) is 0 Å². The maximum atomic E-state index is 11.2. The van der Waals surface area contributed by atoms with Gasteiger partial charge in [0.1, 0.15) is 12.2 Å². The summed E-state index contributed by atoms with van der Waals surface area (Å²) in [5, 5.41) is 0. The summed E-state index contributed by atoms with van der Waals surface area (Å²) in [6.07, 6.45) is 3.48. The third-order valence-electron chi connectivity index (χ3n) is 1.52. The number of carbonyl (C=O) groups excluding carboxylic acids is 2. The summed E-state index contributed by atoms with van der Waals surface area (Å²) < 4.78 is 14.5. The van der Waals surface area contributed by atoms with Crippen LogP contribution in [0.15, 0.2) is 12.2 Å². The molecular weight excluding hydrogens is 224 g/mol. The predicted molar refractivity (Wildman–Crippen MR) is 62.4 cm³/mol. The van der Waals surface area contributed by atoms with Crippen molar-refractivity contribution in [2.45, 2.75) is 32.8 Å². The van der Waals surface area contributed by atoms with Gasteiger partial charge in [-0.3, -0.25) is 0 Å². The van der Waals surface area contributed by atoms with Gasteiger partial charge in [-0.2, -0.15) is 0 Å². The molecule has 5 nitrogen and oxygen atoms in total. The van der Waals surface area contributed by atoms with E-state index in [1.165, 1.54) is 13.2 Å². The Labute approximate surface area is 102 Å². The number of rotatable bonds is 6. The highest BCUT2D eigenvalue weighted by molar-refractivity contribution is 5.81. The topological polar surface area (TPSA) is 61.8 Å². The van der Waals surface area contributed by atoms with Crippen molar-refractivity contribution in [2.24, 2.45) is 0 Å². The monoisotopic (exact) mass is 244 g/mol. The van der Waals surface area contributed by atoms with Gasteiger partial charge in [0.15, 0.2) is 0 Å². The minimum absolute atomic E-state index is 0.0800. The molecule has 5 heteroatoms. The SMILES string of the molecule is COC(=O)/C=C/CCOCC(=O)OC(C)(C)C.